The van der Waals surface area contributed by atoms with Gasteiger partial charge in [0.15, 0.2) is 5.41 Å². The number of carboxylic acids is 1. The molecule has 1 aromatic carbocycles. The molecular weight excluding hydrogens is 353 g/mol. The zero-order valence-corrected chi connectivity index (χ0v) is 13.8. The number of carbonyl (C=O) groups excluding carboxylic acids is 2. The molecule has 2 saturated heterocycles. The van der Waals surface area contributed by atoms with E-state index in [0.717, 1.165) is 4.90 Å². The maximum atomic E-state index is 13.3. The standard InChI is InChI=1S/C17H17F3N2O4/c18-17(19,20)16(15(25)26)6-8-21(10-16)14(24)11-3-1-4-12(9-11)22-7-2-5-13(22)23/h1,3-4,9H,2,5-8,10H2,(H,25,26). The fourth-order valence-corrected chi connectivity index (χ4v) is 3.42. The van der Waals surface area contributed by atoms with Crippen molar-refractivity contribution in [3.8, 4) is 0 Å². The van der Waals surface area contributed by atoms with Gasteiger partial charge >= 0.3 is 12.1 Å². The first-order valence-corrected chi connectivity index (χ1v) is 8.15. The van der Waals surface area contributed by atoms with Gasteiger partial charge in [-0.05, 0) is 31.0 Å². The quantitative estimate of drug-likeness (QED) is 0.886. The Balaban J connectivity index is 1.83. The molecule has 2 aliphatic rings. The largest absolute Gasteiger partial charge is 0.481 e. The summed E-state index contributed by atoms with van der Waals surface area (Å²) in [4.78, 5) is 38.1. The zero-order chi connectivity index (χ0) is 19.1. The number of rotatable bonds is 3. The monoisotopic (exact) mass is 370 g/mol. The molecule has 1 atom stereocenters. The minimum absolute atomic E-state index is 0.0715. The Morgan fingerprint density at radius 1 is 1.19 bits per heavy atom. The lowest BCUT2D eigenvalue weighted by molar-refractivity contribution is -0.227. The highest BCUT2D eigenvalue weighted by Gasteiger charge is 2.64. The summed E-state index contributed by atoms with van der Waals surface area (Å²) in [6.45, 7) is -0.689. The van der Waals surface area contributed by atoms with Crippen molar-refractivity contribution in [2.45, 2.75) is 25.4 Å². The first kappa shape index (κ1) is 18.2. The minimum Gasteiger partial charge on any atom is -0.481 e. The molecule has 6 nitrogen and oxygen atoms in total. The van der Waals surface area contributed by atoms with Gasteiger partial charge in [-0.2, -0.15) is 13.2 Å². The van der Waals surface area contributed by atoms with Crippen LogP contribution in [-0.2, 0) is 9.59 Å². The van der Waals surface area contributed by atoms with Crippen molar-refractivity contribution in [2.75, 3.05) is 24.5 Å². The first-order valence-electron chi connectivity index (χ1n) is 8.15. The van der Waals surface area contributed by atoms with Crippen molar-refractivity contribution in [2.24, 2.45) is 5.41 Å². The lowest BCUT2D eigenvalue weighted by Gasteiger charge is -2.27. The number of halogens is 3. The summed E-state index contributed by atoms with van der Waals surface area (Å²) in [5, 5.41) is 9.08. The molecule has 3 rings (SSSR count). The van der Waals surface area contributed by atoms with Gasteiger partial charge in [-0.3, -0.25) is 14.4 Å². The van der Waals surface area contributed by atoms with Gasteiger partial charge in [0.2, 0.25) is 5.91 Å². The molecule has 0 aliphatic carbocycles. The summed E-state index contributed by atoms with van der Waals surface area (Å²) < 4.78 is 39.8. The second kappa shape index (κ2) is 6.30. The minimum atomic E-state index is -4.95. The Labute approximate surface area is 147 Å². The predicted octanol–water partition coefficient (Wildman–Crippen LogP) is 2.29. The molecule has 9 heteroatoms. The third-order valence-electron chi connectivity index (χ3n) is 4.99. The van der Waals surface area contributed by atoms with E-state index >= 15 is 0 Å². The van der Waals surface area contributed by atoms with Gasteiger partial charge in [0.25, 0.3) is 5.91 Å². The Bertz CT molecular complexity index is 765. The van der Waals surface area contributed by atoms with Crippen LogP contribution in [0, 0.1) is 5.41 Å². The van der Waals surface area contributed by atoms with Crippen molar-refractivity contribution < 1.29 is 32.7 Å². The molecule has 1 aromatic rings. The van der Waals surface area contributed by atoms with Crippen LogP contribution in [0.4, 0.5) is 18.9 Å². The van der Waals surface area contributed by atoms with E-state index in [2.05, 4.69) is 0 Å². The van der Waals surface area contributed by atoms with Crippen LogP contribution in [-0.4, -0.2) is 53.6 Å². The van der Waals surface area contributed by atoms with E-state index in [-0.39, 0.29) is 18.0 Å². The molecule has 1 unspecified atom stereocenters. The lowest BCUT2D eigenvalue weighted by Crippen LogP contribution is -2.47. The molecule has 1 N–H and O–H groups in total. The highest BCUT2D eigenvalue weighted by molar-refractivity contribution is 5.99. The molecule has 2 heterocycles. The number of nitrogens with zero attached hydrogens (tertiary/aromatic N) is 2. The summed E-state index contributed by atoms with van der Waals surface area (Å²) in [7, 11) is 0. The summed E-state index contributed by atoms with van der Waals surface area (Å²) in [6, 6.07) is 6.11. The highest BCUT2D eigenvalue weighted by atomic mass is 19.4. The van der Waals surface area contributed by atoms with E-state index in [1.165, 1.54) is 17.0 Å². The molecule has 2 fully saturated rings. The summed E-state index contributed by atoms with van der Waals surface area (Å²) >= 11 is 0. The van der Waals surface area contributed by atoms with E-state index in [0.29, 0.717) is 25.1 Å². The molecule has 0 saturated carbocycles. The molecule has 0 aromatic heterocycles. The van der Waals surface area contributed by atoms with Crippen molar-refractivity contribution >= 4 is 23.5 Å². The second-order valence-corrected chi connectivity index (χ2v) is 6.56. The second-order valence-electron chi connectivity index (χ2n) is 6.56. The Kier molecular flexibility index (Phi) is 4.41. The molecule has 0 spiro atoms. The van der Waals surface area contributed by atoms with Crippen molar-refractivity contribution in [3.63, 3.8) is 0 Å². The smallest absolute Gasteiger partial charge is 0.406 e. The zero-order valence-electron chi connectivity index (χ0n) is 13.8. The Morgan fingerprint density at radius 2 is 1.92 bits per heavy atom. The Morgan fingerprint density at radius 3 is 2.46 bits per heavy atom. The maximum Gasteiger partial charge on any atom is 0.406 e. The molecule has 26 heavy (non-hydrogen) atoms. The number of hydrogen-bond donors (Lipinski definition) is 1. The van der Waals surface area contributed by atoms with E-state index in [1.54, 1.807) is 12.1 Å². The van der Waals surface area contributed by atoms with E-state index in [4.69, 9.17) is 5.11 Å². The van der Waals surface area contributed by atoms with Crippen LogP contribution < -0.4 is 4.90 Å². The molecule has 0 radical (unpaired) electrons. The molecular formula is C17H17F3N2O4. The molecule has 2 amide bonds. The van der Waals surface area contributed by atoms with Crippen LogP contribution in [0.3, 0.4) is 0 Å². The average molecular weight is 370 g/mol. The normalized spacial score (nSPS) is 23.6. The number of anilines is 1. The fraction of sp³-hybridized carbons (Fsp3) is 0.471. The number of benzene rings is 1. The summed E-state index contributed by atoms with van der Waals surface area (Å²) in [5.41, 5.74) is -2.30. The number of carbonyl (C=O) groups is 3. The highest BCUT2D eigenvalue weighted by Crippen LogP contribution is 2.46. The van der Waals surface area contributed by atoms with Crippen molar-refractivity contribution in [3.05, 3.63) is 29.8 Å². The van der Waals surface area contributed by atoms with Crippen molar-refractivity contribution in [1.29, 1.82) is 0 Å². The average Bonchev–Trinajstić information content (AvgIpc) is 3.21. The van der Waals surface area contributed by atoms with Crippen LogP contribution in [0.5, 0.6) is 0 Å². The van der Waals surface area contributed by atoms with Crippen LogP contribution in [0.15, 0.2) is 24.3 Å². The van der Waals surface area contributed by atoms with Gasteiger partial charge in [-0.25, -0.2) is 0 Å². The topological polar surface area (TPSA) is 77.9 Å². The summed E-state index contributed by atoms with van der Waals surface area (Å²) in [5.74, 6) is -2.72. The van der Waals surface area contributed by atoms with Crippen LogP contribution in [0.25, 0.3) is 0 Å². The lowest BCUT2D eigenvalue weighted by atomic mass is 9.86. The van der Waals surface area contributed by atoms with E-state index in [1.807, 2.05) is 0 Å². The van der Waals surface area contributed by atoms with E-state index in [9.17, 15) is 27.6 Å². The van der Waals surface area contributed by atoms with Crippen LogP contribution in [0.2, 0.25) is 0 Å². The molecule has 0 bridgehead atoms. The number of likely N-dealkylation sites (tertiary alicyclic amines) is 1. The van der Waals surface area contributed by atoms with Gasteiger partial charge in [-0.1, -0.05) is 6.07 Å². The third kappa shape index (κ3) is 2.91. The van der Waals surface area contributed by atoms with Crippen molar-refractivity contribution in [1.82, 2.24) is 4.90 Å². The van der Waals surface area contributed by atoms with Gasteiger partial charge < -0.3 is 14.9 Å². The van der Waals surface area contributed by atoms with Gasteiger partial charge in [-0.15, -0.1) is 0 Å². The number of hydrogen-bond acceptors (Lipinski definition) is 3. The van der Waals surface area contributed by atoms with E-state index < -0.39 is 36.4 Å². The number of carboxylic acid groups (broad SMARTS) is 1. The van der Waals surface area contributed by atoms with Crippen LogP contribution >= 0.6 is 0 Å². The number of aliphatic carboxylic acids is 1. The van der Waals surface area contributed by atoms with Gasteiger partial charge in [0.1, 0.15) is 0 Å². The molecule has 140 valence electrons. The first-order chi connectivity index (χ1) is 12.2. The number of amides is 2. The Hall–Kier alpha value is -2.58. The van der Waals surface area contributed by atoms with Gasteiger partial charge in [0.05, 0.1) is 0 Å². The fourth-order valence-electron chi connectivity index (χ4n) is 3.42. The molecule has 2 aliphatic heterocycles. The summed E-state index contributed by atoms with van der Waals surface area (Å²) in [6.07, 6.45) is -4.51. The van der Waals surface area contributed by atoms with Gasteiger partial charge in [0, 0.05) is 37.3 Å². The SMILES string of the molecule is O=C(c1cccc(N2CCCC2=O)c1)N1CCC(C(=O)O)(C(F)(F)F)C1. The number of alkyl halides is 3. The van der Waals surface area contributed by atoms with Crippen LogP contribution in [0.1, 0.15) is 29.6 Å². The predicted molar refractivity (Wildman–Crippen MR) is 84.7 cm³/mol. The third-order valence-corrected chi connectivity index (χ3v) is 4.99. The maximum absolute atomic E-state index is 13.3.